The molecule has 0 aromatic heterocycles. The normalized spacial score (nSPS) is 16.0. The Hall–Kier alpha value is -0.860. The predicted molar refractivity (Wildman–Crippen MR) is 89.1 cm³/mol. The summed E-state index contributed by atoms with van der Waals surface area (Å²) < 4.78 is 2.03. The van der Waals surface area contributed by atoms with Crippen LogP contribution in [0.25, 0.3) is 0 Å². The first-order chi connectivity index (χ1) is 8.98. The molecule has 0 saturated heterocycles. The molecule has 2 nitrogen and oxygen atoms in total. The quantitative estimate of drug-likeness (QED) is 0.700. The first kappa shape index (κ1) is 17.2. The van der Waals surface area contributed by atoms with Crippen LogP contribution in [-0.4, -0.2) is 64.3 Å². The van der Waals surface area contributed by atoms with Gasteiger partial charge in [0.2, 0.25) is 0 Å². The number of likely N-dealkylation sites (N-methyl/N-ethyl adjacent to an activating group) is 2. The predicted octanol–water partition coefficient (Wildman–Crippen LogP) is 3.31. The van der Waals surface area contributed by atoms with Gasteiger partial charge in [-0.05, 0) is 11.1 Å². The lowest BCUT2D eigenvalue weighted by Gasteiger charge is -2.29. The number of hydrogen-bond acceptors (Lipinski definition) is 0. The second kappa shape index (κ2) is 6.28. The highest BCUT2D eigenvalue weighted by atomic mass is 15.3. The number of benzene rings is 1. The van der Waals surface area contributed by atoms with E-state index in [9.17, 15) is 0 Å². The molecule has 0 amide bonds. The smallest absolute Gasteiger partial charge is 0.0847 e. The van der Waals surface area contributed by atoms with Crippen LogP contribution in [0.4, 0.5) is 0 Å². The molecule has 2 unspecified atom stereocenters. The van der Waals surface area contributed by atoms with Gasteiger partial charge in [0.1, 0.15) is 0 Å². The van der Waals surface area contributed by atoms with E-state index >= 15 is 0 Å². The van der Waals surface area contributed by atoms with Gasteiger partial charge < -0.3 is 8.97 Å². The van der Waals surface area contributed by atoms with Gasteiger partial charge in [-0.15, -0.1) is 0 Å². The fourth-order valence-electron chi connectivity index (χ4n) is 3.03. The van der Waals surface area contributed by atoms with E-state index in [0.717, 1.165) is 8.97 Å². The lowest BCUT2D eigenvalue weighted by atomic mass is 9.93. The van der Waals surface area contributed by atoms with Crippen LogP contribution in [0.1, 0.15) is 36.8 Å². The number of hydrogen-bond donors (Lipinski definition) is 0. The van der Waals surface area contributed by atoms with Gasteiger partial charge in [0.25, 0.3) is 0 Å². The molecular formula is C18H34N2+2. The SMILES string of the molecule is CC(C[N+](C)(C)C)c1cccc(C(C)C[N+](C)(C)C)c1. The zero-order valence-corrected chi connectivity index (χ0v) is 14.8. The molecule has 0 heterocycles. The second-order valence-corrected chi connectivity index (χ2v) is 8.42. The van der Waals surface area contributed by atoms with E-state index < -0.39 is 0 Å². The van der Waals surface area contributed by atoms with Crippen LogP contribution in [0.5, 0.6) is 0 Å². The minimum atomic E-state index is 0.603. The fourth-order valence-corrected chi connectivity index (χ4v) is 3.03. The Kier molecular flexibility index (Phi) is 5.39. The van der Waals surface area contributed by atoms with Crippen LogP contribution in [0.3, 0.4) is 0 Å². The minimum Gasteiger partial charge on any atom is -0.330 e. The maximum Gasteiger partial charge on any atom is 0.0847 e. The summed E-state index contributed by atoms with van der Waals surface area (Å²) in [6.45, 7) is 7.03. The maximum absolute atomic E-state index is 2.42. The van der Waals surface area contributed by atoms with E-state index in [2.05, 4.69) is 80.4 Å². The number of nitrogens with zero attached hydrogens (tertiary/aromatic N) is 2. The summed E-state index contributed by atoms with van der Waals surface area (Å²) in [4.78, 5) is 0. The van der Waals surface area contributed by atoms with Crippen LogP contribution >= 0.6 is 0 Å². The van der Waals surface area contributed by atoms with Gasteiger partial charge >= 0.3 is 0 Å². The molecule has 1 aromatic rings. The van der Waals surface area contributed by atoms with E-state index in [1.54, 1.807) is 0 Å². The van der Waals surface area contributed by atoms with Gasteiger partial charge in [-0.2, -0.15) is 0 Å². The molecule has 0 spiro atoms. The van der Waals surface area contributed by atoms with Crippen molar-refractivity contribution in [3.8, 4) is 0 Å². The van der Waals surface area contributed by atoms with Crippen molar-refractivity contribution in [2.75, 3.05) is 55.4 Å². The zero-order valence-electron chi connectivity index (χ0n) is 14.8. The van der Waals surface area contributed by atoms with Gasteiger partial charge in [-0.3, -0.25) is 0 Å². The van der Waals surface area contributed by atoms with Crippen molar-refractivity contribution in [2.45, 2.75) is 25.7 Å². The van der Waals surface area contributed by atoms with Gasteiger partial charge in [0.15, 0.2) is 0 Å². The molecule has 2 heteroatoms. The Morgan fingerprint density at radius 1 is 0.750 bits per heavy atom. The Morgan fingerprint density at radius 3 is 1.40 bits per heavy atom. The molecule has 1 rings (SSSR count). The van der Waals surface area contributed by atoms with E-state index in [1.807, 2.05) is 0 Å². The van der Waals surface area contributed by atoms with Gasteiger partial charge in [0, 0.05) is 11.8 Å². The van der Waals surface area contributed by atoms with Crippen molar-refractivity contribution in [3.05, 3.63) is 35.4 Å². The first-order valence-corrected chi connectivity index (χ1v) is 7.69. The summed E-state index contributed by atoms with van der Waals surface area (Å²) in [5.41, 5.74) is 2.95. The van der Waals surface area contributed by atoms with E-state index in [0.29, 0.717) is 11.8 Å². The average molecular weight is 278 g/mol. The molecule has 0 aliphatic heterocycles. The third-order valence-corrected chi connectivity index (χ3v) is 3.69. The van der Waals surface area contributed by atoms with Crippen LogP contribution in [0, 0.1) is 0 Å². The van der Waals surface area contributed by atoms with Crippen molar-refractivity contribution in [3.63, 3.8) is 0 Å². The molecule has 0 N–H and O–H groups in total. The molecule has 0 bridgehead atoms. The third kappa shape index (κ3) is 6.06. The van der Waals surface area contributed by atoms with E-state index in [-0.39, 0.29) is 0 Å². The van der Waals surface area contributed by atoms with Crippen molar-refractivity contribution in [1.29, 1.82) is 0 Å². The molecule has 20 heavy (non-hydrogen) atoms. The van der Waals surface area contributed by atoms with E-state index in [1.165, 1.54) is 24.2 Å². The topological polar surface area (TPSA) is 0 Å². The van der Waals surface area contributed by atoms with Crippen molar-refractivity contribution >= 4 is 0 Å². The lowest BCUT2D eigenvalue weighted by Crippen LogP contribution is -2.38. The molecule has 0 radical (unpaired) electrons. The summed E-state index contributed by atoms with van der Waals surface area (Å²) in [7, 11) is 13.6. The standard InChI is InChI=1S/C18H34N2/c1-15(13-19(3,4)5)17-10-9-11-18(12-17)16(2)14-20(6,7)8/h9-12,15-16H,13-14H2,1-8H3/q+2. The van der Waals surface area contributed by atoms with Gasteiger partial charge in [-0.25, -0.2) is 0 Å². The lowest BCUT2D eigenvalue weighted by molar-refractivity contribution is -0.871. The minimum absolute atomic E-state index is 0.603. The largest absolute Gasteiger partial charge is 0.330 e. The van der Waals surface area contributed by atoms with Crippen molar-refractivity contribution < 1.29 is 8.97 Å². The van der Waals surface area contributed by atoms with Crippen LogP contribution in [0.15, 0.2) is 24.3 Å². The summed E-state index contributed by atoms with van der Waals surface area (Å²) in [5, 5.41) is 0. The molecular weight excluding hydrogens is 244 g/mol. The number of quaternary nitrogens is 2. The summed E-state index contributed by atoms with van der Waals surface area (Å²) in [6, 6.07) is 9.20. The Labute approximate surface area is 126 Å². The molecule has 0 aliphatic carbocycles. The average Bonchev–Trinajstić information content (AvgIpc) is 2.24. The Morgan fingerprint density at radius 2 is 1.10 bits per heavy atom. The van der Waals surface area contributed by atoms with Crippen LogP contribution in [-0.2, 0) is 0 Å². The maximum atomic E-state index is 2.42. The monoisotopic (exact) mass is 278 g/mol. The summed E-state index contributed by atoms with van der Waals surface area (Å²) in [6.07, 6.45) is 0. The molecule has 0 saturated carbocycles. The van der Waals surface area contributed by atoms with Gasteiger partial charge in [-0.1, -0.05) is 38.1 Å². The van der Waals surface area contributed by atoms with Gasteiger partial charge in [0.05, 0.1) is 55.4 Å². The molecule has 114 valence electrons. The highest BCUT2D eigenvalue weighted by Crippen LogP contribution is 2.24. The van der Waals surface area contributed by atoms with Crippen molar-refractivity contribution in [2.24, 2.45) is 0 Å². The molecule has 1 aromatic carbocycles. The molecule has 0 fully saturated rings. The Bertz CT molecular complexity index is 387. The Balaban J connectivity index is 2.85. The number of rotatable bonds is 6. The highest BCUT2D eigenvalue weighted by Gasteiger charge is 2.19. The van der Waals surface area contributed by atoms with Crippen molar-refractivity contribution in [1.82, 2.24) is 0 Å². The third-order valence-electron chi connectivity index (χ3n) is 3.69. The molecule has 0 aliphatic rings. The first-order valence-electron chi connectivity index (χ1n) is 7.69. The highest BCUT2D eigenvalue weighted by molar-refractivity contribution is 5.28. The zero-order chi connectivity index (χ0) is 15.6. The second-order valence-electron chi connectivity index (χ2n) is 8.42. The summed E-state index contributed by atoms with van der Waals surface area (Å²) in [5.74, 6) is 1.21. The van der Waals surface area contributed by atoms with E-state index in [4.69, 9.17) is 0 Å². The molecule has 2 atom stereocenters. The summed E-state index contributed by atoms with van der Waals surface area (Å²) >= 11 is 0. The van der Waals surface area contributed by atoms with Crippen LogP contribution < -0.4 is 0 Å². The van der Waals surface area contributed by atoms with Crippen LogP contribution in [0.2, 0.25) is 0 Å². The fraction of sp³-hybridized carbons (Fsp3) is 0.667.